The van der Waals surface area contributed by atoms with E-state index in [0.717, 1.165) is 6.07 Å². The number of anilines is 1. The number of carboxylic acid groups (broad SMARTS) is 1. The van der Waals surface area contributed by atoms with Crippen molar-refractivity contribution in [3.63, 3.8) is 0 Å². The second kappa shape index (κ2) is 5.74. The summed E-state index contributed by atoms with van der Waals surface area (Å²) < 4.78 is 28.2. The smallest absolute Gasteiger partial charge is 0.335 e. The van der Waals surface area contributed by atoms with Crippen LogP contribution in [-0.4, -0.2) is 29.0 Å². The van der Waals surface area contributed by atoms with E-state index >= 15 is 0 Å². The first-order valence-corrected chi connectivity index (χ1v) is 7.77. The Kier molecular flexibility index (Phi) is 4.19. The highest BCUT2D eigenvalue weighted by molar-refractivity contribution is 7.92. The molecule has 0 saturated carbocycles. The van der Waals surface area contributed by atoms with Crippen LogP contribution in [0, 0.1) is 0 Å². The molecule has 0 unspecified atom stereocenters. The van der Waals surface area contributed by atoms with Gasteiger partial charge in [-0.25, -0.2) is 9.78 Å². The molecule has 112 valence electrons. The third kappa shape index (κ3) is 3.34. The standard InChI is InChI=1S/C12H12ClN3O4S/c1-2-16-6-11(14-7-16)21(19,20)15-10-5-8(12(17)18)3-4-9(10)13/h3-7,15H,2H2,1H3,(H,17,18). The van der Waals surface area contributed by atoms with Crippen LogP contribution in [0.15, 0.2) is 35.7 Å². The summed E-state index contributed by atoms with van der Waals surface area (Å²) in [5.41, 5.74) is -0.0844. The summed E-state index contributed by atoms with van der Waals surface area (Å²) in [5, 5.41) is 8.84. The lowest BCUT2D eigenvalue weighted by Gasteiger charge is -2.08. The predicted molar refractivity (Wildman–Crippen MR) is 77.1 cm³/mol. The monoisotopic (exact) mass is 329 g/mol. The molecule has 0 radical (unpaired) electrons. The minimum Gasteiger partial charge on any atom is -0.478 e. The number of aromatic nitrogens is 2. The third-order valence-corrected chi connectivity index (χ3v) is 4.29. The van der Waals surface area contributed by atoms with Crippen LogP contribution in [0.25, 0.3) is 0 Å². The van der Waals surface area contributed by atoms with Gasteiger partial charge in [0.2, 0.25) is 0 Å². The van der Waals surface area contributed by atoms with Gasteiger partial charge < -0.3 is 9.67 Å². The molecule has 21 heavy (non-hydrogen) atoms. The second-order valence-electron chi connectivity index (χ2n) is 4.15. The Bertz CT molecular complexity index is 786. The van der Waals surface area contributed by atoms with Crippen molar-refractivity contribution in [3.05, 3.63) is 41.3 Å². The van der Waals surface area contributed by atoms with Crippen LogP contribution in [0.1, 0.15) is 17.3 Å². The molecule has 1 heterocycles. The topological polar surface area (TPSA) is 101 Å². The minimum absolute atomic E-state index is 0.0115. The van der Waals surface area contributed by atoms with Crippen molar-refractivity contribution in [1.82, 2.24) is 9.55 Å². The molecule has 9 heteroatoms. The molecule has 0 aliphatic heterocycles. The lowest BCUT2D eigenvalue weighted by Crippen LogP contribution is -2.14. The summed E-state index contributed by atoms with van der Waals surface area (Å²) in [6.45, 7) is 2.43. The molecule has 2 aromatic rings. The van der Waals surface area contributed by atoms with E-state index in [1.54, 1.807) is 4.57 Å². The number of carboxylic acids is 1. The zero-order valence-electron chi connectivity index (χ0n) is 10.9. The molecule has 0 bridgehead atoms. The number of aromatic carboxylic acids is 1. The maximum Gasteiger partial charge on any atom is 0.335 e. The van der Waals surface area contributed by atoms with Gasteiger partial charge in [0.25, 0.3) is 10.0 Å². The summed E-state index contributed by atoms with van der Waals surface area (Å²) in [5.74, 6) is -1.18. The van der Waals surface area contributed by atoms with Gasteiger partial charge in [-0.3, -0.25) is 4.72 Å². The Morgan fingerprint density at radius 1 is 1.48 bits per heavy atom. The fourth-order valence-corrected chi connectivity index (χ4v) is 2.83. The fourth-order valence-electron chi connectivity index (χ4n) is 1.58. The number of hydrogen-bond acceptors (Lipinski definition) is 4. The quantitative estimate of drug-likeness (QED) is 0.874. The van der Waals surface area contributed by atoms with Gasteiger partial charge in [-0.15, -0.1) is 0 Å². The van der Waals surface area contributed by atoms with Crippen molar-refractivity contribution in [2.24, 2.45) is 0 Å². The number of sulfonamides is 1. The predicted octanol–water partition coefficient (Wildman–Crippen LogP) is 2.06. The summed E-state index contributed by atoms with van der Waals surface area (Å²) in [6.07, 6.45) is 2.77. The molecule has 0 aliphatic carbocycles. The van der Waals surface area contributed by atoms with Gasteiger partial charge in [0.05, 0.1) is 22.6 Å². The molecule has 0 amide bonds. The van der Waals surface area contributed by atoms with Crippen molar-refractivity contribution in [2.75, 3.05) is 4.72 Å². The molecule has 1 aromatic carbocycles. The molecule has 1 aromatic heterocycles. The SMILES string of the molecule is CCn1cnc(S(=O)(=O)Nc2cc(C(=O)O)ccc2Cl)c1. The number of nitrogens with zero attached hydrogens (tertiary/aromatic N) is 2. The van der Waals surface area contributed by atoms with Crippen LogP contribution >= 0.6 is 11.6 Å². The Hall–Kier alpha value is -2.06. The van der Waals surface area contributed by atoms with Crippen molar-refractivity contribution < 1.29 is 18.3 Å². The minimum atomic E-state index is -3.93. The van der Waals surface area contributed by atoms with Crippen molar-refractivity contribution >= 4 is 33.3 Å². The molecular formula is C12H12ClN3O4S. The normalized spacial score (nSPS) is 11.3. The van der Waals surface area contributed by atoms with Crippen molar-refractivity contribution in [1.29, 1.82) is 0 Å². The van der Waals surface area contributed by atoms with E-state index in [0.29, 0.717) is 6.54 Å². The maximum atomic E-state index is 12.2. The first-order chi connectivity index (χ1) is 9.83. The number of aryl methyl sites for hydroxylation is 1. The van der Waals surface area contributed by atoms with Gasteiger partial charge in [-0.2, -0.15) is 8.42 Å². The Balaban J connectivity index is 2.36. The molecule has 7 nitrogen and oxygen atoms in total. The Labute approximate surface area is 126 Å². The largest absolute Gasteiger partial charge is 0.478 e. The van der Waals surface area contributed by atoms with Gasteiger partial charge in [-0.05, 0) is 25.1 Å². The second-order valence-corrected chi connectivity index (χ2v) is 6.18. The van der Waals surface area contributed by atoms with Crippen LogP contribution in [0.2, 0.25) is 5.02 Å². The van der Waals surface area contributed by atoms with Crippen LogP contribution in [0.5, 0.6) is 0 Å². The van der Waals surface area contributed by atoms with Gasteiger partial charge in [0.1, 0.15) is 0 Å². The average Bonchev–Trinajstić information content (AvgIpc) is 2.90. The van der Waals surface area contributed by atoms with Gasteiger partial charge in [-0.1, -0.05) is 11.6 Å². The maximum absolute atomic E-state index is 12.2. The first-order valence-electron chi connectivity index (χ1n) is 5.91. The third-order valence-electron chi connectivity index (χ3n) is 2.71. The van der Waals surface area contributed by atoms with E-state index < -0.39 is 16.0 Å². The number of imidazole rings is 1. The molecule has 2 rings (SSSR count). The number of benzene rings is 1. The molecule has 0 saturated heterocycles. The van der Waals surface area contributed by atoms with Gasteiger partial charge in [0.15, 0.2) is 5.03 Å². The highest BCUT2D eigenvalue weighted by atomic mass is 35.5. The Morgan fingerprint density at radius 2 is 2.19 bits per heavy atom. The first kappa shape index (κ1) is 15.3. The van der Waals surface area contributed by atoms with Crippen LogP contribution < -0.4 is 4.72 Å². The van der Waals surface area contributed by atoms with Crippen LogP contribution in [0.3, 0.4) is 0 Å². The van der Waals surface area contributed by atoms with E-state index in [-0.39, 0.29) is 21.3 Å². The number of rotatable bonds is 5. The highest BCUT2D eigenvalue weighted by Crippen LogP contribution is 2.25. The van der Waals surface area contributed by atoms with E-state index in [1.165, 1.54) is 24.7 Å². The average molecular weight is 330 g/mol. The van der Waals surface area contributed by atoms with Crippen molar-refractivity contribution in [3.8, 4) is 0 Å². The van der Waals surface area contributed by atoms with Crippen LogP contribution in [-0.2, 0) is 16.6 Å². The highest BCUT2D eigenvalue weighted by Gasteiger charge is 2.19. The lowest BCUT2D eigenvalue weighted by molar-refractivity contribution is 0.0697. The molecule has 2 N–H and O–H groups in total. The molecule has 0 spiro atoms. The van der Waals surface area contributed by atoms with Gasteiger partial charge in [0, 0.05) is 12.7 Å². The molecule has 0 fully saturated rings. The van der Waals surface area contributed by atoms with E-state index in [9.17, 15) is 13.2 Å². The van der Waals surface area contributed by atoms with Crippen molar-refractivity contribution in [2.45, 2.75) is 18.5 Å². The van der Waals surface area contributed by atoms with E-state index in [4.69, 9.17) is 16.7 Å². The number of nitrogens with one attached hydrogen (secondary N) is 1. The zero-order chi connectivity index (χ0) is 15.6. The van der Waals surface area contributed by atoms with Gasteiger partial charge >= 0.3 is 5.97 Å². The van der Waals surface area contributed by atoms with E-state index in [1.807, 2.05) is 6.92 Å². The number of carbonyl (C=O) groups is 1. The fraction of sp³-hybridized carbons (Fsp3) is 0.167. The number of hydrogen-bond donors (Lipinski definition) is 2. The van der Waals surface area contributed by atoms with Crippen LogP contribution in [0.4, 0.5) is 5.69 Å². The number of halogens is 1. The summed E-state index contributed by atoms with van der Waals surface area (Å²) in [6, 6.07) is 3.75. The summed E-state index contributed by atoms with van der Waals surface area (Å²) in [4.78, 5) is 14.7. The molecular weight excluding hydrogens is 318 g/mol. The lowest BCUT2D eigenvalue weighted by atomic mass is 10.2. The Morgan fingerprint density at radius 3 is 2.76 bits per heavy atom. The summed E-state index contributed by atoms with van der Waals surface area (Å²) >= 11 is 5.88. The summed E-state index contributed by atoms with van der Waals surface area (Å²) in [7, 11) is -3.93. The molecule has 0 aliphatic rings. The molecule has 0 atom stereocenters. The van der Waals surface area contributed by atoms with E-state index in [2.05, 4.69) is 9.71 Å². The zero-order valence-corrected chi connectivity index (χ0v) is 12.5.